The number of rotatable bonds is 7. The SMILES string of the molecule is O=S(=O)(NC[C@@H](c1cccs1)S(=O)(=O)c1ccc(F)cc1)c1cc(F)ccc1F. The van der Waals surface area contributed by atoms with E-state index in [0.717, 1.165) is 41.7 Å². The normalized spacial score (nSPS) is 13.3. The van der Waals surface area contributed by atoms with Crippen LogP contribution in [-0.4, -0.2) is 23.4 Å². The predicted octanol–water partition coefficient (Wildman–Crippen LogP) is 3.66. The van der Waals surface area contributed by atoms with E-state index in [1.165, 1.54) is 6.07 Å². The van der Waals surface area contributed by atoms with Gasteiger partial charge in [0.2, 0.25) is 10.0 Å². The molecule has 0 saturated heterocycles. The summed E-state index contributed by atoms with van der Waals surface area (Å²) in [6, 6.07) is 9.14. The van der Waals surface area contributed by atoms with Crippen LogP contribution in [0.3, 0.4) is 0 Å². The van der Waals surface area contributed by atoms with Crippen molar-refractivity contribution in [1.29, 1.82) is 0 Å². The highest BCUT2D eigenvalue weighted by atomic mass is 32.2. The lowest BCUT2D eigenvalue weighted by Gasteiger charge is -2.18. The summed E-state index contributed by atoms with van der Waals surface area (Å²) in [7, 11) is -8.65. The van der Waals surface area contributed by atoms with Crippen LogP contribution >= 0.6 is 11.3 Å². The number of thiophene rings is 1. The lowest BCUT2D eigenvalue weighted by molar-refractivity contribution is 0.544. The van der Waals surface area contributed by atoms with Gasteiger partial charge in [-0.3, -0.25) is 0 Å². The maximum Gasteiger partial charge on any atom is 0.243 e. The van der Waals surface area contributed by atoms with Crippen molar-refractivity contribution in [3.63, 3.8) is 0 Å². The molecule has 0 spiro atoms. The molecule has 0 amide bonds. The first-order valence-electron chi connectivity index (χ1n) is 8.09. The van der Waals surface area contributed by atoms with Gasteiger partial charge < -0.3 is 0 Å². The molecule has 3 rings (SSSR count). The second-order valence-electron chi connectivity index (χ2n) is 5.93. The second-order valence-corrected chi connectivity index (χ2v) is 10.8. The van der Waals surface area contributed by atoms with Crippen molar-refractivity contribution in [2.24, 2.45) is 0 Å². The Morgan fingerprint density at radius 2 is 1.55 bits per heavy atom. The highest BCUT2D eigenvalue weighted by Crippen LogP contribution is 2.32. The zero-order valence-corrected chi connectivity index (χ0v) is 17.0. The predicted molar refractivity (Wildman–Crippen MR) is 102 cm³/mol. The van der Waals surface area contributed by atoms with Crippen LogP contribution in [0.25, 0.3) is 0 Å². The molecule has 1 atom stereocenters. The fourth-order valence-corrected chi connectivity index (χ4v) is 6.60. The molecule has 11 heteroatoms. The van der Waals surface area contributed by atoms with Gasteiger partial charge in [0, 0.05) is 11.4 Å². The molecule has 154 valence electrons. The lowest BCUT2D eigenvalue weighted by Crippen LogP contribution is -2.32. The number of halogens is 3. The molecular formula is C18H14F3NO4S3. The van der Waals surface area contributed by atoms with E-state index in [1.807, 2.05) is 4.72 Å². The summed E-state index contributed by atoms with van der Waals surface area (Å²) in [5.41, 5.74) is 0. The van der Waals surface area contributed by atoms with Crippen molar-refractivity contribution < 1.29 is 30.0 Å². The van der Waals surface area contributed by atoms with Crippen LogP contribution < -0.4 is 4.72 Å². The van der Waals surface area contributed by atoms with Crippen LogP contribution in [0.4, 0.5) is 13.2 Å². The molecule has 0 fully saturated rings. The standard InChI is InChI=1S/C18H14F3NO4S3/c19-12-3-6-14(7-4-12)28(23,24)18(16-2-1-9-27-16)11-22-29(25,26)17-10-13(20)5-8-15(17)21/h1-10,18,22H,11H2/t18-/m0/s1. The first kappa shape index (κ1) is 21.5. The lowest BCUT2D eigenvalue weighted by atomic mass is 10.3. The topological polar surface area (TPSA) is 80.3 Å². The summed E-state index contributed by atoms with van der Waals surface area (Å²) >= 11 is 1.09. The van der Waals surface area contributed by atoms with Gasteiger partial charge in [0.05, 0.1) is 4.90 Å². The number of benzene rings is 2. The van der Waals surface area contributed by atoms with Crippen LogP contribution in [0.2, 0.25) is 0 Å². The molecule has 0 unspecified atom stereocenters. The maximum atomic E-state index is 13.9. The molecule has 0 radical (unpaired) electrons. The molecule has 29 heavy (non-hydrogen) atoms. The van der Waals surface area contributed by atoms with Crippen molar-refractivity contribution in [2.45, 2.75) is 15.0 Å². The van der Waals surface area contributed by atoms with Crippen molar-refractivity contribution in [1.82, 2.24) is 4.72 Å². The largest absolute Gasteiger partial charge is 0.243 e. The number of hydrogen-bond donors (Lipinski definition) is 1. The molecule has 0 aliphatic carbocycles. The summed E-state index contributed by atoms with van der Waals surface area (Å²) in [4.78, 5) is -0.799. The Bertz CT molecular complexity index is 1210. The number of sulfonamides is 1. The summed E-state index contributed by atoms with van der Waals surface area (Å²) < 4.78 is 93.3. The van der Waals surface area contributed by atoms with E-state index in [9.17, 15) is 30.0 Å². The minimum atomic E-state index is -4.53. The van der Waals surface area contributed by atoms with Crippen LogP contribution in [0, 0.1) is 17.5 Å². The molecule has 3 aromatic rings. The van der Waals surface area contributed by atoms with Crippen molar-refractivity contribution in [3.8, 4) is 0 Å². The zero-order valence-electron chi connectivity index (χ0n) is 14.5. The third kappa shape index (κ3) is 4.69. The van der Waals surface area contributed by atoms with E-state index in [1.54, 1.807) is 11.4 Å². The fourth-order valence-electron chi connectivity index (χ4n) is 2.57. The van der Waals surface area contributed by atoms with Gasteiger partial charge in [0.15, 0.2) is 9.84 Å². The Morgan fingerprint density at radius 1 is 0.897 bits per heavy atom. The quantitative estimate of drug-likeness (QED) is 0.545. The molecule has 2 aromatic carbocycles. The minimum absolute atomic E-state index is 0.201. The molecule has 0 aliphatic rings. The molecule has 0 saturated carbocycles. The Kier molecular flexibility index (Phi) is 6.13. The van der Waals surface area contributed by atoms with E-state index in [0.29, 0.717) is 17.0 Å². The highest BCUT2D eigenvalue weighted by molar-refractivity contribution is 7.92. The van der Waals surface area contributed by atoms with E-state index in [-0.39, 0.29) is 4.90 Å². The van der Waals surface area contributed by atoms with Crippen LogP contribution in [0.5, 0.6) is 0 Å². The third-order valence-electron chi connectivity index (χ3n) is 4.02. The van der Waals surface area contributed by atoms with Gasteiger partial charge in [-0.15, -0.1) is 11.3 Å². The van der Waals surface area contributed by atoms with Crippen molar-refractivity contribution >= 4 is 31.2 Å². The average Bonchev–Trinajstić information content (AvgIpc) is 3.18. The fraction of sp³-hybridized carbons (Fsp3) is 0.111. The molecule has 1 heterocycles. The highest BCUT2D eigenvalue weighted by Gasteiger charge is 2.32. The summed E-state index contributed by atoms with van der Waals surface area (Å²) in [6.07, 6.45) is 0. The van der Waals surface area contributed by atoms with Gasteiger partial charge in [0.25, 0.3) is 0 Å². The molecule has 0 bridgehead atoms. The van der Waals surface area contributed by atoms with Crippen molar-refractivity contribution in [2.75, 3.05) is 6.54 Å². The Labute approximate surface area is 169 Å². The molecule has 1 N–H and O–H groups in total. The van der Waals surface area contributed by atoms with Gasteiger partial charge in [-0.05, 0) is 53.9 Å². The van der Waals surface area contributed by atoms with Gasteiger partial charge in [-0.25, -0.2) is 34.7 Å². The maximum absolute atomic E-state index is 13.9. The monoisotopic (exact) mass is 461 g/mol. The van der Waals surface area contributed by atoms with Crippen LogP contribution in [-0.2, 0) is 19.9 Å². The molecule has 0 aliphatic heterocycles. The van der Waals surface area contributed by atoms with Gasteiger partial charge in [-0.1, -0.05) is 6.07 Å². The van der Waals surface area contributed by atoms with E-state index >= 15 is 0 Å². The minimum Gasteiger partial charge on any atom is -0.223 e. The summed E-state index contributed by atoms with van der Waals surface area (Å²) in [5, 5.41) is 0.267. The van der Waals surface area contributed by atoms with Crippen LogP contribution in [0.1, 0.15) is 10.1 Å². The number of sulfone groups is 1. The first-order chi connectivity index (χ1) is 13.6. The third-order valence-corrected chi connectivity index (χ3v) is 8.69. The van der Waals surface area contributed by atoms with E-state index in [4.69, 9.17) is 0 Å². The Hall–Kier alpha value is -2.21. The van der Waals surface area contributed by atoms with E-state index in [2.05, 4.69) is 0 Å². The Morgan fingerprint density at radius 3 is 2.17 bits per heavy atom. The number of hydrogen-bond acceptors (Lipinski definition) is 5. The van der Waals surface area contributed by atoms with Crippen molar-refractivity contribution in [3.05, 3.63) is 82.3 Å². The second kappa shape index (κ2) is 8.27. The van der Waals surface area contributed by atoms with Gasteiger partial charge in [-0.2, -0.15) is 0 Å². The molecular weight excluding hydrogens is 447 g/mol. The zero-order chi connectivity index (χ0) is 21.2. The Balaban J connectivity index is 1.95. The van der Waals surface area contributed by atoms with E-state index < -0.39 is 54.0 Å². The molecule has 1 aromatic heterocycles. The van der Waals surface area contributed by atoms with Gasteiger partial charge >= 0.3 is 0 Å². The smallest absolute Gasteiger partial charge is 0.223 e. The summed E-state index contributed by atoms with van der Waals surface area (Å²) in [6.45, 7) is -0.626. The van der Waals surface area contributed by atoms with Gasteiger partial charge in [0.1, 0.15) is 27.6 Å². The first-order valence-corrected chi connectivity index (χ1v) is 12.0. The average molecular weight is 462 g/mol. The number of nitrogens with one attached hydrogen (secondary N) is 1. The molecule has 5 nitrogen and oxygen atoms in total. The summed E-state index contributed by atoms with van der Waals surface area (Å²) in [5.74, 6) is -2.76. The van der Waals surface area contributed by atoms with Crippen LogP contribution in [0.15, 0.2) is 69.8 Å².